The Labute approximate surface area is 178 Å². The van der Waals surface area contributed by atoms with Crippen molar-refractivity contribution in [2.75, 3.05) is 23.4 Å². The van der Waals surface area contributed by atoms with Crippen LogP contribution >= 0.6 is 0 Å². The van der Waals surface area contributed by atoms with Crippen LogP contribution in [0.1, 0.15) is 30.2 Å². The molecule has 9 heteroatoms. The summed E-state index contributed by atoms with van der Waals surface area (Å²) in [7, 11) is 0. The van der Waals surface area contributed by atoms with Gasteiger partial charge in [0.2, 0.25) is 5.89 Å². The number of rotatable bonds is 4. The number of hydrogen-bond donors (Lipinski definition) is 1. The molecular weight excluding hydrogens is 403 g/mol. The quantitative estimate of drug-likeness (QED) is 0.686. The van der Waals surface area contributed by atoms with Gasteiger partial charge in [0.25, 0.3) is 5.91 Å². The van der Waals surface area contributed by atoms with E-state index < -0.39 is 0 Å². The first-order valence-electron chi connectivity index (χ1n) is 10.0. The number of amides is 1. The van der Waals surface area contributed by atoms with E-state index in [1.807, 2.05) is 18.2 Å². The van der Waals surface area contributed by atoms with E-state index in [9.17, 15) is 9.18 Å². The molecule has 0 aliphatic carbocycles. The van der Waals surface area contributed by atoms with Crippen LogP contribution in [0.5, 0.6) is 11.5 Å². The maximum absolute atomic E-state index is 13.8. The van der Waals surface area contributed by atoms with Crippen molar-refractivity contribution < 1.29 is 23.2 Å². The van der Waals surface area contributed by atoms with Crippen molar-refractivity contribution in [3.05, 3.63) is 59.5 Å². The van der Waals surface area contributed by atoms with Gasteiger partial charge in [-0.25, -0.2) is 4.39 Å². The van der Waals surface area contributed by atoms with Crippen LogP contribution < -0.4 is 19.7 Å². The summed E-state index contributed by atoms with van der Waals surface area (Å²) in [6, 6.07) is 10.0. The number of benzene rings is 2. The molecule has 5 rings (SSSR count). The average Bonchev–Trinajstić information content (AvgIpc) is 3.17. The molecule has 1 aromatic heterocycles. The zero-order valence-electron chi connectivity index (χ0n) is 17.1. The number of aryl methyl sites for hydroxylation is 1. The lowest BCUT2D eigenvalue weighted by Crippen LogP contribution is -2.46. The molecule has 0 saturated carbocycles. The van der Waals surface area contributed by atoms with Crippen molar-refractivity contribution >= 4 is 17.3 Å². The van der Waals surface area contributed by atoms with Crippen LogP contribution in [0.25, 0.3) is 0 Å². The lowest BCUT2D eigenvalue weighted by atomic mass is 9.99. The summed E-state index contributed by atoms with van der Waals surface area (Å²) >= 11 is 0. The molecule has 160 valence electrons. The second kappa shape index (κ2) is 7.57. The minimum atomic E-state index is -0.356. The predicted octanol–water partition coefficient (Wildman–Crippen LogP) is 3.42. The first kappa shape index (κ1) is 19.3. The molecule has 2 aliphatic heterocycles. The molecule has 0 bridgehead atoms. The number of ether oxygens (including phenoxy) is 2. The molecule has 31 heavy (non-hydrogen) atoms. The van der Waals surface area contributed by atoms with Crippen LogP contribution in [-0.4, -0.2) is 35.3 Å². The molecule has 2 aliphatic rings. The van der Waals surface area contributed by atoms with E-state index in [-0.39, 0.29) is 30.4 Å². The van der Waals surface area contributed by atoms with E-state index in [0.29, 0.717) is 41.9 Å². The van der Waals surface area contributed by atoms with Gasteiger partial charge in [-0.05, 0) is 43.7 Å². The van der Waals surface area contributed by atoms with Crippen molar-refractivity contribution in [1.82, 2.24) is 10.1 Å². The van der Waals surface area contributed by atoms with Crippen molar-refractivity contribution in [3.63, 3.8) is 0 Å². The summed E-state index contributed by atoms with van der Waals surface area (Å²) in [5.41, 5.74) is 2.38. The molecule has 3 aromatic rings. The number of carbonyl (C=O) groups excluding carboxylic acids is 1. The summed E-state index contributed by atoms with van der Waals surface area (Å²) in [4.78, 5) is 18.2. The van der Waals surface area contributed by atoms with E-state index in [1.165, 1.54) is 12.1 Å². The van der Waals surface area contributed by atoms with Gasteiger partial charge in [-0.15, -0.1) is 0 Å². The Morgan fingerprint density at radius 2 is 2.10 bits per heavy atom. The molecule has 1 N–H and O–H groups in total. The van der Waals surface area contributed by atoms with Crippen molar-refractivity contribution in [2.45, 2.75) is 32.4 Å². The predicted molar refractivity (Wildman–Crippen MR) is 110 cm³/mol. The zero-order valence-corrected chi connectivity index (χ0v) is 17.1. The number of halogens is 1. The number of fused-ring (bicyclic) bond motifs is 2. The van der Waals surface area contributed by atoms with E-state index in [4.69, 9.17) is 14.0 Å². The normalized spacial score (nSPS) is 18.4. The minimum absolute atomic E-state index is 0.00990. The smallest absolute Gasteiger partial charge is 0.262 e. The largest absolute Gasteiger partial charge is 0.489 e. The first-order valence-corrected chi connectivity index (χ1v) is 10.0. The fraction of sp³-hybridized carbons (Fsp3) is 0.318. The Kier molecular flexibility index (Phi) is 4.72. The van der Waals surface area contributed by atoms with Crippen molar-refractivity contribution in [2.24, 2.45) is 0 Å². The van der Waals surface area contributed by atoms with Gasteiger partial charge in [0.1, 0.15) is 23.9 Å². The van der Waals surface area contributed by atoms with Gasteiger partial charge in [0, 0.05) is 6.07 Å². The lowest BCUT2D eigenvalue weighted by molar-refractivity contribution is -0.118. The number of nitrogens with one attached hydrogen (secondary N) is 1. The molecule has 0 unspecified atom stereocenters. The third-order valence-electron chi connectivity index (χ3n) is 5.54. The monoisotopic (exact) mass is 424 g/mol. The molecule has 0 spiro atoms. The molecular formula is C22H21FN4O4. The summed E-state index contributed by atoms with van der Waals surface area (Å²) in [5.74, 6) is 1.66. The Bertz CT molecular complexity index is 1150. The van der Waals surface area contributed by atoms with Crippen LogP contribution in [0.4, 0.5) is 15.8 Å². The third-order valence-corrected chi connectivity index (χ3v) is 5.54. The zero-order chi connectivity index (χ0) is 21.5. The highest BCUT2D eigenvalue weighted by Gasteiger charge is 2.34. The number of hydrogen-bond acceptors (Lipinski definition) is 7. The number of nitrogens with zero attached hydrogens (tertiary/aromatic N) is 3. The molecule has 8 nitrogen and oxygen atoms in total. The average molecular weight is 424 g/mol. The summed E-state index contributed by atoms with van der Waals surface area (Å²) in [6.07, 6.45) is 0.479. The number of anilines is 2. The Hall–Kier alpha value is -3.62. The van der Waals surface area contributed by atoms with Crippen molar-refractivity contribution in [1.29, 1.82) is 0 Å². The SMILES string of the molecule is Cc1noc(C[C@@H]2COc3cc(F)ccc3N2[C@H](C)c2ccc3c(c2)NC(=O)CO3)n1. The highest BCUT2D eigenvalue weighted by molar-refractivity contribution is 5.95. The van der Waals surface area contributed by atoms with Gasteiger partial charge in [0.05, 0.1) is 29.9 Å². The van der Waals surface area contributed by atoms with Gasteiger partial charge in [-0.3, -0.25) is 4.79 Å². The van der Waals surface area contributed by atoms with Crippen molar-refractivity contribution in [3.8, 4) is 11.5 Å². The summed E-state index contributed by atoms with van der Waals surface area (Å²) in [6.45, 7) is 4.17. The molecule has 2 aromatic carbocycles. The summed E-state index contributed by atoms with van der Waals surface area (Å²) < 4.78 is 30.5. The van der Waals surface area contributed by atoms with E-state index in [1.54, 1.807) is 13.0 Å². The van der Waals surface area contributed by atoms with Crippen LogP contribution in [0, 0.1) is 12.7 Å². The number of aromatic nitrogens is 2. The highest BCUT2D eigenvalue weighted by Crippen LogP contribution is 2.41. The maximum atomic E-state index is 13.8. The molecule has 3 heterocycles. The summed E-state index contributed by atoms with van der Waals surface area (Å²) in [5, 5.41) is 6.72. The minimum Gasteiger partial charge on any atom is -0.489 e. The van der Waals surface area contributed by atoms with Crippen LogP contribution in [0.15, 0.2) is 40.9 Å². The second-order valence-corrected chi connectivity index (χ2v) is 7.69. The van der Waals surface area contributed by atoms with E-state index in [0.717, 1.165) is 11.3 Å². The molecule has 0 saturated heterocycles. The van der Waals surface area contributed by atoms with Crippen LogP contribution in [0.2, 0.25) is 0 Å². The standard InChI is InChI=1S/C22H21FN4O4/c1-12(14-3-6-19-17(7-14)25-21(28)11-30-19)27-16(9-22-24-13(2)26-31-22)10-29-20-8-15(23)4-5-18(20)27/h3-8,12,16H,9-11H2,1-2H3,(H,25,28)/t12-,16-/m1/s1. The van der Waals surface area contributed by atoms with Gasteiger partial charge < -0.3 is 24.2 Å². The van der Waals surface area contributed by atoms with Crippen LogP contribution in [0.3, 0.4) is 0 Å². The first-order chi connectivity index (χ1) is 15.0. The molecule has 0 fully saturated rings. The van der Waals surface area contributed by atoms with Gasteiger partial charge >= 0.3 is 0 Å². The van der Waals surface area contributed by atoms with E-state index in [2.05, 4.69) is 27.3 Å². The Morgan fingerprint density at radius 1 is 1.23 bits per heavy atom. The molecule has 1 amide bonds. The lowest BCUT2D eigenvalue weighted by Gasteiger charge is -2.42. The van der Waals surface area contributed by atoms with Gasteiger partial charge in [0.15, 0.2) is 12.4 Å². The Balaban J connectivity index is 1.52. The van der Waals surface area contributed by atoms with Gasteiger partial charge in [-0.1, -0.05) is 11.2 Å². The van der Waals surface area contributed by atoms with Gasteiger partial charge in [-0.2, -0.15) is 4.98 Å². The fourth-order valence-electron chi connectivity index (χ4n) is 4.11. The maximum Gasteiger partial charge on any atom is 0.262 e. The second-order valence-electron chi connectivity index (χ2n) is 7.69. The fourth-order valence-corrected chi connectivity index (χ4v) is 4.11. The number of carbonyl (C=O) groups is 1. The highest BCUT2D eigenvalue weighted by atomic mass is 19.1. The Morgan fingerprint density at radius 3 is 2.90 bits per heavy atom. The topological polar surface area (TPSA) is 89.7 Å². The van der Waals surface area contributed by atoms with E-state index >= 15 is 0 Å². The molecule has 2 atom stereocenters. The van der Waals surface area contributed by atoms with Crippen LogP contribution in [-0.2, 0) is 11.2 Å². The third kappa shape index (κ3) is 3.67. The molecule has 0 radical (unpaired) electrons.